The molecule has 0 saturated heterocycles. The Morgan fingerprint density at radius 3 is 2.86 bits per heavy atom. The highest BCUT2D eigenvalue weighted by atomic mass is 16.5. The molecule has 3 N–H and O–H groups in total. The average Bonchev–Trinajstić information content (AvgIpc) is 2.59. The largest absolute Gasteiger partial charge is 0.497 e. The van der Waals surface area contributed by atoms with Crippen LogP contribution in [0.2, 0.25) is 0 Å². The van der Waals surface area contributed by atoms with Crippen LogP contribution < -0.4 is 10.5 Å². The van der Waals surface area contributed by atoms with Gasteiger partial charge in [0.1, 0.15) is 11.3 Å². The Bertz CT molecular complexity index is 488. The maximum Gasteiger partial charge on any atom is 0.169 e. The van der Waals surface area contributed by atoms with E-state index in [4.69, 9.17) is 20.3 Å². The summed E-state index contributed by atoms with van der Waals surface area (Å²) in [4.78, 5) is 0. The van der Waals surface area contributed by atoms with Crippen LogP contribution in [0.3, 0.4) is 0 Å². The Morgan fingerprint density at radius 1 is 1.43 bits per heavy atom. The number of nitrogens with one attached hydrogen (secondary N) is 1. The highest BCUT2D eigenvalue weighted by Gasteiger charge is 2.06. The fraction of sp³-hybridized carbons (Fsp3) is 0.100. The summed E-state index contributed by atoms with van der Waals surface area (Å²) in [5, 5.41) is 8.13. The lowest BCUT2D eigenvalue weighted by Crippen LogP contribution is -2.09. The second-order valence-corrected chi connectivity index (χ2v) is 2.93. The summed E-state index contributed by atoms with van der Waals surface area (Å²) in [6.07, 6.45) is 0. The molecule has 0 unspecified atom stereocenters. The standard InChI is InChI=1S/C10H10N2O2/c1-13-7-3-2-6-4-9(10(11)12)14-8(6)5-7/h2-5H,1H3,(H3,11,12). The molecule has 4 heteroatoms. The SMILES string of the molecule is COc1ccc2cc(C(=N)N)oc2c1. The average molecular weight is 190 g/mol. The van der Waals surface area contributed by atoms with Crippen molar-refractivity contribution < 1.29 is 9.15 Å². The van der Waals surface area contributed by atoms with Gasteiger partial charge >= 0.3 is 0 Å². The number of hydrogen-bond donors (Lipinski definition) is 2. The van der Waals surface area contributed by atoms with E-state index in [9.17, 15) is 0 Å². The summed E-state index contributed by atoms with van der Waals surface area (Å²) in [5.74, 6) is 1.04. The summed E-state index contributed by atoms with van der Waals surface area (Å²) in [6, 6.07) is 7.20. The fourth-order valence-electron chi connectivity index (χ4n) is 1.27. The first-order valence-electron chi connectivity index (χ1n) is 4.12. The molecule has 2 aromatic rings. The molecule has 0 aliphatic carbocycles. The summed E-state index contributed by atoms with van der Waals surface area (Å²) in [5.41, 5.74) is 5.98. The zero-order chi connectivity index (χ0) is 10.1. The fourth-order valence-corrected chi connectivity index (χ4v) is 1.27. The molecule has 0 fully saturated rings. The third-order valence-electron chi connectivity index (χ3n) is 1.99. The molecule has 1 aromatic heterocycles. The topological polar surface area (TPSA) is 72.2 Å². The van der Waals surface area contributed by atoms with Gasteiger partial charge in [0, 0.05) is 11.5 Å². The molecular formula is C10H10N2O2. The Kier molecular flexibility index (Phi) is 1.89. The van der Waals surface area contributed by atoms with Gasteiger partial charge in [-0.2, -0.15) is 0 Å². The van der Waals surface area contributed by atoms with E-state index in [1.165, 1.54) is 0 Å². The maximum absolute atomic E-state index is 7.22. The Labute approximate surface area is 80.8 Å². The van der Waals surface area contributed by atoms with Crippen LogP contribution in [0.4, 0.5) is 0 Å². The quantitative estimate of drug-likeness (QED) is 0.559. The van der Waals surface area contributed by atoms with Gasteiger partial charge in [0.15, 0.2) is 11.6 Å². The van der Waals surface area contributed by atoms with Crippen LogP contribution in [0.5, 0.6) is 5.75 Å². The van der Waals surface area contributed by atoms with Crippen molar-refractivity contribution in [2.45, 2.75) is 0 Å². The Morgan fingerprint density at radius 2 is 2.21 bits per heavy atom. The molecule has 0 spiro atoms. The van der Waals surface area contributed by atoms with E-state index < -0.39 is 0 Å². The number of hydrogen-bond acceptors (Lipinski definition) is 3. The molecular weight excluding hydrogens is 180 g/mol. The smallest absolute Gasteiger partial charge is 0.169 e. The number of amidine groups is 1. The van der Waals surface area contributed by atoms with E-state index in [2.05, 4.69) is 0 Å². The van der Waals surface area contributed by atoms with Crippen LogP contribution in [0.1, 0.15) is 5.76 Å². The molecule has 4 nitrogen and oxygen atoms in total. The molecule has 1 heterocycles. The predicted octanol–water partition coefficient (Wildman–Crippen LogP) is 1.73. The third kappa shape index (κ3) is 1.31. The van der Waals surface area contributed by atoms with Crippen molar-refractivity contribution in [1.82, 2.24) is 0 Å². The number of rotatable bonds is 2. The molecule has 0 aliphatic rings. The molecule has 0 atom stereocenters. The summed E-state index contributed by atoms with van der Waals surface area (Å²) in [6.45, 7) is 0. The van der Waals surface area contributed by atoms with Crippen molar-refractivity contribution in [3.8, 4) is 5.75 Å². The van der Waals surface area contributed by atoms with E-state index >= 15 is 0 Å². The molecule has 0 aliphatic heterocycles. The molecule has 0 amide bonds. The van der Waals surface area contributed by atoms with Gasteiger partial charge in [-0.15, -0.1) is 0 Å². The van der Waals surface area contributed by atoms with Crippen LogP contribution in [0.25, 0.3) is 11.0 Å². The van der Waals surface area contributed by atoms with Gasteiger partial charge in [-0.3, -0.25) is 5.41 Å². The van der Waals surface area contributed by atoms with Crippen molar-refractivity contribution >= 4 is 16.8 Å². The van der Waals surface area contributed by atoms with Gasteiger partial charge in [0.05, 0.1) is 7.11 Å². The number of ether oxygens (including phenoxy) is 1. The Balaban J connectivity index is 2.60. The maximum atomic E-state index is 7.22. The van der Waals surface area contributed by atoms with E-state index in [0.717, 1.165) is 11.1 Å². The molecule has 0 saturated carbocycles. The summed E-state index contributed by atoms with van der Waals surface area (Å²) >= 11 is 0. The molecule has 0 bridgehead atoms. The van der Waals surface area contributed by atoms with Gasteiger partial charge in [0.2, 0.25) is 0 Å². The minimum Gasteiger partial charge on any atom is -0.497 e. The first-order chi connectivity index (χ1) is 6.70. The van der Waals surface area contributed by atoms with Crippen molar-refractivity contribution in [2.75, 3.05) is 7.11 Å². The first kappa shape index (κ1) is 8.62. The zero-order valence-corrected chi connectivity index (χ0v) is 7.70. The minimum atomic E-state index is -0.0693. The highest BCUT2D eigenvalue weighted by molar-refractivity contribution is 5.96. The van der Waals surface area contributed by atoms with Crippen LogP contribution in [0.15, 0.2) is 28.7 Å². The van der Waals surface area contributed by atoms with Crippen molar-refractivity contribution in [3.05, 3.63) is 30.0 Å². The lowest BCUT2D eigenvalue weighted by atomic mass is 10.2. The normalized spacial score (nSPS) is 10.4. The van der Waals surface area contributed by atoms with Gasteiger partial charge < -0.3 is 14.9 Å². The lowest BCUT2D eigenvalue weighted by Gasteiger charge is -1.96. The second-order valence-electron chi connectivity index (χ2n) is 2.93. The van der Waals surface area contributed by atoms with Gasteiger partial charge in [-0.05, 0) is 18.2 Å². The summed E-state index contributed by atoms with van der Waals surface area (Å²) in [7, 11) is 1.59. The molecule has 14 heavy (non-hydrogen) atoms. The van der Waals surface area contributed by atoms with E-state index in [1.54, 1.807) is 19.2 Å². The zero-order valence-electron chi connectivity index (χ0n) is 7.70. The number of fused-ring (bicyclic) bond motifs is 1. The molecule has 1 aromatic carbocycles. The van der Waals surface area contributed by atoms with E-state index in [-0.39, 0.29) is 5.84 Å². The van der Waals surface area contributed by atoms with Crippen molar-refractivity contribution in [3.63, 3.8) is 0 Å². The van der Waals surface area contributed by atoms with Crippen LogP contribution in [-0.2, 0) is 0 Å². The minimum absolute atomic E-state index is 0.0693. The number of nitrogens with two attached hydrogens (primary N) is 1. The van der Waals surface area contributed by atoms with Crippen LogP contribution in [-0.4, -0.2) is 12.9 Å². The first-order valence-corrected chi connectivity index (χ1v) is 4.12. The number of nitrogen functional groups attached to an aromatic ring is 1. The third-order valence-corrected chi connectivity index (χ3v) is 1.99. The second kappa shape index (κ2) is 3.06. The number of methoxy groups -OCH3 is 1. The predicted molar refractivity (Wildman–Crippen MR) is 53.8 cm³/mol. The molecule has 2 rings (SSSR count). The number of benzene rings is 1. The Hall–Kier alpha value is -1.97. The number of furan rings is 1. The van der Waals surface area contributed by atoms with Crippen molar-refractivity contribution in [2.24, 2.45) is 5.73 Å². The molecule has 72 valence electrons. The monoisotopic (exact) mass is 190 g/mol. The summed E-state index contributed by atoms with van der Waals surface area (Å²) < 4.78 is 10.4. The highest BCUT2D eigenvalue weighted by Crippen LogP contribution is 2.23. The van der Waals surface area contributed by atoms with Crippen LogP contribution in [0, 0.1) is 5.41 Å². The van der Waals surface area contributed by atoms with Crippen LogP contribution >= 0.6 is 0 Å². The van der Waals surface area contributed by atoms with Crippen molar-refractivity contribution in [1.29, 1.82) is 5.41 Å². The lowest BCUT2D eigenvalue weighted by molar-refractivity contribution is 0.414. The van der Waals surface area contributed by atoms with E-state index in [1.807, 2.05) is 12.1 Å². The van der Waals surface area contributed by atoms with Gasteiger partial charge in [0.25, 0.3) is 0 Å². The van der Waals surface area contributed by atoms with Gasteiger partial charge in [-0.25, -0.2) is 0 Å². The van der Waals surface area contributed by atoms with E-state index in [0.29, 0.717) is 11.3 Å². The van der Waals surface area contributed by atoms with Gasteiger partial charge in [-0.1, -0.05) is 0 Å². The molecule has 0 radical (unpaired) electrons.